The number of carbonyl (C=O) groups excluding carboxylic acids is 2. The molecule has 2 aliphatic heterocycles. The number of hydrogen-bond acceptors (Lipinski definition) is 6. The monoisotopic (exact) mass is 331 g/mol. The van der Waals surface area contributed by atoms with Gasteiger partial charge in [0, 0.05) is 29.6 Å². The predicted octanol–water partition coefficient (Wildman–Crippen LogP) is 0.854. The molecule has 2 aromatic heterocycles. The van der Waals surface area contributed by atoms with Crippen LogP contribution in [0, 0.1) is 5.82 Å². The van der Waals surface area contributed by atoms with Gasteiger partial charge in [-0.1, -0.05) is 0 Å². The van der Waals surface area contributed by atoms with Crippen LogP contribution in [0.15, 0.2) is 24.4 Å². The van der Waals surface area contributed by atoms with E-state index in [-0.39, 0.29) is 11.5 Å². The molecule has 4 heterocycles. The van der Waals surface area contributed by atoms with Gasteiger partial charge in [0.05, 0.1) is 6.20 Å². The summed E-state index contributed by atoms with van der Waals surface area (Å²) in [6.07, 6.45) is 4.68. The third-order valence-corrected chi connectivity index (χ3v) is 4.15. The van der Waals surface area contributed by atoms with Gasteiger partial charge in [-0.05, 0) is 32.0 Å². The molecule has 0 aromatic carbocycles. The van der Waals surface area contributed by atoms with E-state index in [0.29, 0.717) is 17.4 Å². The Morgan fingerprint density at radius 2 is 2.00 bits per heavy atom. The molecular weight excluding hydrogens is 317 g/mol. The largest absolute Gasteiger partial charge is 0.403 e. The Bertz CT molecular complexity index is 870. The fraction of sp³-hybridized carbons (Fsp3) is 0.312. The Balaban J connectivity index is 1.83. The van der Waals surface area contributed by atoms with E-state index in [1.165, 1.54) is 6.07 Å². The van der Waals surface area contributed by atoms with E-state index < -0.39 is 17.8 Å². The molecule has 0 unspecified atom stereocenters. The first-order valence-electron chi connectivity index (χ1n) is 7.65. The van der Waals surface area contributed by atoms with Gasteiger partial charge in [-0.2, -0.15) is 0 Å². The number of likely N-dealkylation sites (tertiary alicyclic amines) is 1. The number of nitrogens with zero attached hydrogens (tertiary/aromatic N) is 3. The minimum Gasteiger partial charge on any atom is -0.403 e. The van der Waals surface area contributed by atoms with Gasteiger partial charge in [-0.3, -0.25) is 0 Å². The molecule has 2 aliphatic rings. The third kappa shape index (κ3) is 2.54. The number of rotatable bonds is 3. The Hall–Kier alpha value is -2.74. The Kier molecular flexibility index (Phi) is 3.53. The average molecular weight is 331 g/mol. The van der Waals surface area contributed by atoms with E-state index in [0.717, 1.165) is 49.1 Å². The number of hydrogen-bond donors (Lipinski definition) is 0. The van der Waals surface area contributed by atoms with E-state index in [4.69, 9.17) is 9.57 Å². The first-order valence-corrected chi connectivity index (χ1v) is 7.65. The maximum Gasteiger partial charge on any atom is 0.356 e. The zero-order valence-electron chi connectivity index (χ0n) is 12.7. The molecule has 1 saturated heterocycles. The predicted molar refractivity (Wildman–Crippen MR) is 80.8 cm³/mol. The molecule has 4 rings (SSSR count). The van der Waals surface area contributed by atoms with Crippen molar-refractivity contribution in [3.63, 3.8) is 0 Å². The zero-order chi connectivity index (χ0) is 16.7. The van der Waals surface area contributed by atoms with Crippen molar-refractivity contribution >= 4 is 23.0 Å². The molecule has 0 N–H and O–H groups in total. The highest BCUT2D eigenvalue weighted by Crippen LogP contribution is 2.32. The number of ether oxygens (including phenoxy) is 1. The molecule has 0 spiro atoms. The normalized spacial score (nSPS) is 19.0. The summed E-state index contributed by atoms with van der Waals surface area (Å²) in [5.41, 5.74) is 0.835. The summed E-state index contributed by atoms with van der Waals surface area (Å²) in [6.45, 7) is 2.76. The first-order chi connectivity index (χ1) is 11.6. The Labute approximate surface area is 136 Å². The van der Waals surface area contributed by atoms with Crippen molar-refractivity contribution in [3.05, 3.63) is 35.8 Å². The number of aromatic nitrogens is 2. The fourth-order valence-electron chi connectivity index (χ4n) is 2.84. The number of carbonyl (C=O) groups is 2. The lowest BCUT2D eigenvalue weighted by molar-refractivity contribution is -0.142. The van der Waals surface area contributed by atoms with E-state index in [1.807, 2.05) is 0 Å². The van der Waals surface area contributed by atoms with Gasteiger partial charge in [0.2, 0.25) is 5.88 Å². The summed E-state index contributed by atoms with van der Waals surface area (Å²) in [6, 6.07) is 1.31. The fourth-order valence-corrected chi connectivity index (χ4v) is 2.84. The first kappa shape index (κ1) is 14.8. The smallest absolute Gasteiger partial charge is 0.356 e. The lowest BCUT2D eigenvalue weighted by Crippen LogP contribution is -2.38. The van der Waals surface area contributed by atoms with Gasteiger partial charge < -0.3 is 14.5 Å². The van der Waals surface area contributed by atoms with Crippen LogP contribution >= 0.6 is 0 Å². The molecule has 1 fully saturated rings. The van der Waals surface area contributed by atoms with Crippen LogP contribution in [0.2, 0.25) is 0 Å². The molecule has 8 heteroatoms. The van der Waals surface area contributed by atoms with Crippen molar-refractivity contribution in [3.8, 4) is 5.88 Å². The third-order valence-electron chi connectivity index (χ3n) is 4.15. The summed E-state index contributed by atoms with van der Waals surface area (Å²) >= 11 is 0. The van der Waals surface area contributed by atoms with E-state index in [1.54, 1.807) is 0 Å². The molecule has 0 amide bonds. The maximum atomic E-state index is 13.7. The lowest BCUT2D eigenvalue weighted by atomic mass is 10.1. The lowest BCUT2D eigenvalue weighted by Gasteiger charge is -2.30. The summed E-state index contributed by atoms with van der Waals surface area (Å²) in [7, 11) is 0. The van der Waals surface area contributed by atoms with Crippen LogP contribution in [0.25, 0.3) is 11.0 Å². The van der Waals surface area contributed by atoms with Crippen LogP contribution in [0.5, 0.6) is 5.88 Å². The summed E-state index contributed by atoms with van der Waals surface area (Å²) in [5.74, 6) is -1.86. The van der Waals surface area contributed by atoms with Crippen LogP contribution in [0.1, 0.15) is 12.0 Å². The molecule has 0 aliphatic carbocycles. The van der Waals surface area contributed by atoms with Crippen molar-refractivity contribution in [2.45, 2.75) is 12.8 Å². The van der Waals surface area contributed by atoms with Gasteiger partial charge >= 0.3 is 11.9 Å². The van der Waals surface area contributed by atoms with Crippen molar-refractivity contribution in [2.75, 3.05) is 19.6 Å². The minimum atomic E-state index is -0.731. The average Bonchev–Trinajstić information content (AvgIpc) is 2.75. The Morgan fingerprint density at radius 3 is 2.75 bits per heavy atom. The van der Waals surface area contributed by atoms with E-state index in [9.17, 15) is 14.0 Å². The summed E-state index contributed by atoms with van der Waals surface area (Å²) in [5, 5.41) is 0.466. The van der Waals surface area contributed by atoms with E-state index in [2.05, 4.69) is 9.88 Å². The van der Waals surface area contributed by atoms with Gasteiger partial charge in [-0.15, -0.1) is 4.73 Å². The maximum absolute atomic E-state index is 13.7. The Morgan fingerprint density at radius 1 is 1.21 bits per heavy atom. The molecule has 2 aromatic rings. The van der Waals surface area contributed by atoms with Crippen LogP contribution in [0.4, 0.5) is 4.39 Å². The van der Waals surface area contributed by atoms with Gasteiger partial charge in [0.25, 0.3) is 0 Å². The second-order valence-electron chi connectivity index (χ2n) is 5.71. The SMILES string of the molecule is O=C1/C=C/C(=O)On2c(c(CCN3CCC3)c3cc(F)cnc32)O1. The summed E-state index contributed by atoms with van der Waals surface area (Å²) in [4.78, 5) is 35.0. The topological polar surface area (TPSA) is 73.7 Å². The molecule has 0 radical (unpaired) electrons. The number of fused-ring (bicyclic) bond motifs is 3. The van der Waals surface area contributed by atoms with Crippen LogP contribution in [0.3, 0.4) is 0 Å². The van der Waals surface area contributed by atoms with E-state index >= 15 is 0 Å². The van der Waals surface area contributed by atoms with Crippen LogP contribution in [-0.2, 0) is 16.0 Å². The van der Waals surface area contributed by atoms with Crippen molar-refractivity contribution in [1.29, 1.82) is 0 Å². The number of halogens is 1. The molecule has 0 bridgehead atoms. The molecule has 24 heavy (non-hydrogen) atoms. The number of pyridine rings is 1. The highest BCUT2D eigenvalue weighted by molar-refractivity contribution is 5.95. The van der Waals surface area contributed by atoms with Crippen molar-refractivity contribution < 1.29 is 23.6 Å². The highest BCUT2D eigenvalue weighted by Gasteiger charge is 2.26. The van der Waals surface area contributed by atoms with Gasteiger partial charge in [-0.25, -0.2) is 19.0 Å². The highest BCUT2D eigenvalue weighted by atomic mass is 19.1. The van der Waals surface area contributed by atoms with Gasteiger partial charge in [0.15, 0.2) is 5.65 Å². The molecular formula is C16H14FN3O4. The second kappa shape index (κ2) is 5.72. The van der Waals surface area contributed by atoms with Crippen molar-refractivity contribution in [2.24, 2.45) is 0 Å². The zero-order valence-corrected chi connectivity index (χ0v) is 12.7. The minimum absolute atomic E-state index is 0.0753. The standard InChI is InChI=1S/C16H14FN3O4/c17-10-8-12-11(4-7-19-5-1-6-19)16-20(15(12)18-9-10)24-14(22)3-2-13(21)23-16/h2-3,8-9H,1,4-7H2/b3-2+. The second-order valence-corrected chi connectivity index (χ2v) is 5.71. The van der Waals surface area contributed by atoms with Crippen molar-refractivity contribution in [1.82, 2.24) is 14.6 Å². The van der Waals surface area contributed by atoms with Gasteiger partial charge in [0.1, 0.15) is 5.82 Å². The van der Waals surface area contributed by atoms with Crippen LogP contribution in [-0.4, -0.2) is 46.2 Å². The van der Waals surface area contributed by atoms with Crippen LogP contribution < -0.4 is 9.57 Å². The number of esters is 1. The molecule has 0 atom stereocenters. The quantitative estimate of drug-likeness (QED) is 0.777. The molecule has 124 valence electrons. The molecule has 0 saturated carbocycles. The molecule has 7 nitrogen and oxygen atoms in total. The summed E-state index contributed by atoms with van der Waals surface area (Å²) < 4.78 is 20.0.